The van der Waals surface area contributed by atoms with Gasteiger partial charge < -0.3 is 10.2 Å². The van der Waals surface area contributed by atoms with Gasteiger partial charge >= 0.3 is 0 Å². The molecular weight excluding hydrogens is 406 g/mol. The fourth-order valence-electron chi connectivity index (χ4n) is 3.25. The predicted molar refractivity (Wildman–Crippen MR) is 110 cm³/mol. The Kier molecular flexibility index (Phi) is 5.20. The first-order chi connectivity index (χ1) is 13.2. The van der Waals surface area contributed by atoms with Crippen molar-refractivity contribution >= 4 is 33.3 Å². The topological polar surface area (TPSA) is 63.1 Å². The van der Waals surface area contributed by atoms with Crippen LogP contribution in [-0.2, 0) is 0 Å². The van der Waals surface area contributed by atoms with Crippen LogP contribution in [0, 0.1) is 0 Å². The highest BCUT2D eigenvalue weighted by atomic mass is 79.9. The van der Waals surface area contributed by atoms with E-state index in [1.807, 2.05) is 30.5 Å². The van der Waals surface area contributed by atoms with Gasteiger partial charge in [-0.15, -0.1) is 0 Å². The van der Waals surface area contributed by atoms with Gasteiger partial charge in [-0.25, -0.2) is 9.67 Å². The molecule has 0 saturated carbocycles. The molecule has 138 valence electrons. The Hall–Kier alpha value is -2.67. The number of hydrogen-bond donors (Lipinski definition) is 1. The maximum Gasteiger partial charge on any atom is 0.255 e. The summed E-state index contributed by atoms with van der Waals surface area (Å²) in [6, 6.07) is 11.1. The first kappa shape index (κ1) is 17.7. The van der Waals surface area contributed by atoms with Crippen molar-refractivity contribution in [2.75, 3.05) is 23.3 Å². The second-order valence-corrected chi connectivity index (χ2v) is 7.44. The average molecular weight is 426 g/mol. The van der Waals surface area contributed by atoms with Gasteiger partial charge in [-0.05, 0) is 71.6 Å². The summed E-state index contributed by atoms with van der Waals surface area (Å²) in [4.78, 5) is 19.5. The van der Waals surface area contributed by atoms with E-state index in [0.29, 0.717) is 5.56 Å². The third kappa shape index (κ3) is 4.03. The molecule has 4 rings (SSSR count). The Morgan fingerprint density at radius 3 is 2.56 bits per heavy atom. The van der Waals surface area contributed by atoms with Crippen molar-refractivity contribution in [2.24, 2.45) is 0 Å². The normalized spacial score (nSPS) is 14.2. The molecular formula is C20H20BrN5O. The van der Waals surface area contributed by atoms with Crippen molar-refractivity contribution in [1.29, 1.82) is 0 Å². The molecule has 27 heavy (non-hydrogen) atoms. The number of nitrogens with one attached hydrogen (secondary N) is 1. The molecule has 0 atom stereocenters. The van der Waals surface area contributed by atoms with Crippen LogP contribution in [0.25, 0.3) is 5.69 Å². The second kappa shape index (κ2) is 7.92. The summed E-state index contributed by atoms with van der Waals surface area (Å²) in [5, 5.41) is 7.26. The Labute approximate surface area is 166 Å². The van der Waals surface area contributed by atoms with Crippen LogP contribution in [0.5, 0.6) is 0 Å². The van der Waals surface area contributed by atoms with E-state index in [0.717, 1.165) is 47.6 Å². The minimum Gasteiger partial charge on any atom is -0.355 e. The van der Waals surface area contributed by atoms with E-state index in [-0.39, 0.29) is 5.91 Å². The van der Waals surface area contributed by atoms with Crippen LogP contribution in [0.2, 0.25) is 0 Å². The standard InChI is InChI=1S/C20H20BrN5O/c21-16-13-23-26(14-16)17-8-6-15(7-9-17)20(27)24-18-5-4-10-22-19(18)25-11-2-1-3-12-25/h4-10,13-14H,1-3,11-12H2,(H,24,27). The van der Waals surface area contributed by atoms with E-state index in [1.165, 1.54) is 6.42 Å². The maximum atomic E-state index is 12.7. The third-order valence-corrected chi connectivity index (χ3v) is 5.05. The number of rotatable bonds is 4. The minimum atomic E-state index is -0.144. The lowest BCUT2D eigenvalue weighted by atomic mass is 10.1. The molecule has 1 amide bonds. The zero-order valence-electron chi connectivity index (χ0n) is 14.8. The number of hydrogen-bond acceptors (Lipinski definition) is 4. The van der Waals surface area contributed by atoms with Crippen LogP contribution in [0.4, 0.5) is 11.5 Å². The summed E-state index contributed by atoms with van der Waals surface area (Å²) in [6.07, 6.45) is 8.95. The molecule has 6 nitrogen and oxygen atoms in total. The first-order valence-electron chi connectivity index (χ1n) is 9.03. The highest BCUT2D eigenvalue weighted by molar-refractivity contribution is 9.10. The minimum absolute atomic E-state index is 0.144. The first-order valence-corrected chi connectivity index (χ1v) is 9.82. The van der Waals surface area contributed by atoms with E-state index in [2.05, 4.69) is 36.2 Å². The molecule has 7 heteroatoms. The number of pyridine rings is 1. The van der Waals surface area contributed by atoms with Crippen molar-refractivity contribution in [2.45, 2.75) is 19.3 Å². The Morgan fingerprint density at radius 2 is 1.85 bits per heavy atom. The van der Waals surface area contributed by atoms with Gasteiger partial charge in [0, 0.05) is 31.0 Å². The quantitative estimate of drug-likeness (QED) is 0.677. The molecule has 3 heterocycles. The maximum absolute atomic E-state index is 12.7. The fourth-order valence-corrected chi connectivity index (χ4v) is 3.54. The van der Waals surface area contributed by atoms with Crippen molar-refractivity contribution in [3.63, 3.8) is 0 Å². The van der Waals surface area contributed by atoms with Crippen LogP contribution in [0.15, 0.2) is 59.5 Å². The number of aromatic nitrogens is 3. The number of carbonyl (C=O) groups is 1. The SMILES string of the molecule is O=C(Nc1cccnc1N1CCCCC1)c1ccc(-n2cc(Br)cn2)cc1. The largest absolute Gasteiger partial charge is 0.355 e. The van der Waals surface area contributed by atoms with Gasteiger partial charge in [-0.1, -0.05) is 0 Å². The number of anilines is 2. The van der Waals surface area contributed by atoms with Crippen LogP contribution < -0.4 is 10.2 Å². The molecule has 2 aromatic heterocycles. The van der Waals surface area contributed by atoms with Gasteiger partial charge in [0.1, 0.15) is 0 Å². The van der Waals surface area contributed by atoms with Crippen LogP contribution in [0.3, 0.4) is 0 Å². The van der Waals surface area contributed by atoms with Crippen molar-refractivity contribution in [1.82, 2.24) is 14.8 Å². The van der Waals surface area contributed by atoms with Crippen molar-refractivity contribution in [3.05, 3.63) is 65.0 Å². The monoisotopic (exact) mass is 425 g/mol. The number of halogens is 1. The van der Waals surface area contributed by atoms with Crippen LogP contribution in [-0.4, -0.2) is 33.8 Å². The molecule has 1 aliphatic rings. The molecule has 0 unspecified atom stereocenters. The fraction of sp³-hybridized carbons (Fsp3) is 0.250. The molecule has 1 aliphatic heterocycles. The van der Waals surface area contributed by atoms with Gasteiger partial charge in [0.2, 0.25) is 0 Å². The van der Waals surface area contributed by atoms with Gasteiger partial charge in [0.05, 0.1) is 22.0 Å². The lowest BCUT2D eigenvalue weighted by molar-refractivity contribution is 0.102. The molecule has 1 aromatic carbocycles. The van der Waals surface area contributed by atoms with Crippen molar-refractivity contribution < 1.29 is 4.79 Å². The number of amides is 1. The van der Waals surface area contributed by atoms with Crippen LogP contribution >= 0.6 is 15.9 Å². The van der Waals surface area contributed by atoms with E-state index in [4.69, 9.17) is 0 Å². The van der Waals surface area contributed by atoms with Gasteiger partial charge in [-0.2, -0.15) is 5.10 Å². The zero-order chi connectivity index (χ0) is 18.6. The summed E-state index contributed by atoms with van der Waals surface area (Å²) in [5.41, 5.74) is 2.25. The van der Waals surface area contributed by atoms with E-state index in [9.17, 15) is 4.79 Å². The molecule has 1 saturated heterocycles. The highest BCUT2D eigenvalue weighted by Crippen LogP contribution is 2.26. The summed E-state index contributed by atoms with van der Waals surface area (Å²) < 4.78 is 2.66. The smallest absolute Gasteiger partial charge is 0.255 e. The number of nitrogens with zero attached hydrogens (tertiary/aromatic N) is 4. The number of piperidine rings is 1. The number of benzene rings is 1. The predicted octanol–water partition coefficient (Wildman–Crippen LogP) is 4.27. The zero-order valence-corrected chi connectivity index (χ0v) is 16.4. The molecule has 0 radical (unpaired) electrons. The lowest BCUT2D eigenvalue weighted by Gasteiger charge is -2.29. The van der Waals surface area contributed by atoms with Crippen LogP contribution in [0.1, 0.15) is 29.6 Å². The third-order valence-electron chi connectivity index (χ3n) is 4.64. The van der Waals surface area contributed by atoms with E-state index >= 15 is 0 Å². The Balaban J connectivity index is 1.51. The summed E-state index contributed by atoms with van der Waals surface area (Å²) >= 11 is 3.39. The Morgan fingerprint density at radius 1 is 1.07 bits per heavy atom. The van der Waals surface area contributed by atoms with Gasteiger partial charge in [0.25, 0.3) is 5.91 Å². The van der Waals surface area contributed by atoms with Gasteiger partial charge in [0.15, 0.2) is 5.82 Å². The second-order valence-electron chi connectivity index (χ2n) is 6.53. The highest BCUT2D eigenvalue weighted by Gasteiger charge is 2.17. The van der Waals surface area contributed by atoms with E-state index < -0.39 is 0 Å². The summed E-state index contributed by atoms with van der Waals surface area (Å²) in [6.45, 7) is 1.96. The average Bonchev–Trinajstić information content (AvgIpc) is 3.15. The molecule has 1 fully saturated rings. The lowest BCUT2D eigenvalue weighted by Crippen LogP contribution is -2.31. The Bertz CT molecular complexity index is 932. The van der Waals surface area contributed by atoms with E-state index in [1.54, 1.807) is 29.2 Å². The molecule has 0 bridgehead atoms. The van der Waals surface area contributed by atoms with Crippen molar-refractivity contribution in [3.8, 4) is 5.69 Å². The summed E-state index contributed by atoms with van der Waals surface area (Å²) in [7, 11) is 0. The summed E-state index contributed by atoms with van der Waals surface area (Å²) in [5.74, 6) is 0.706. The van der Waals surface area contributed by atoms with Gasteiger partial charge in [-0.3, -0.25) is 4.79 Å². The number of carbonyl (C=O) groups excluding carboxylic acids is 1. The molecule has 3 aromatic rings. The molecule has 0 aliphatic carbocycles. The molecule has 1 N–H and O–H groups in total. The molecule has 0 spiro atoms.